The lowest BCUT2D eigenvalue weighted by Crippen LogP contribution is -2.03. The van der Waals surface area contributed by atoms with Crippen LogP contribution < -0.4 is 0 Å². The van der Waals surface area contributed by atoms with Crippen molar-refractivity contribution in [3.05, 3.63) is 76.0 Å². The molecule has 0 radical (unpaired) electrons. The van der Waals surface area contributed by atoms with Crippen LogP contribution in [0.15, 0.2) is 48.7 Å². The van der Waals surface area contributed by atoms with Crippen molar-refractivity contribution in [1.29, 1.82) is 0 Å². The summed E-state index contributed by atoms with van der Waals surface area (Å²) in [5.74, 6) is -1.27. The zero-order valence-electron chi connectivity index (χ0n) is 10.8. The summed E-state index contributed by atoms with van der Waals surface area (Å²) >= 11 is 0. The van der Waals surface area contributed by atoms with E-state index in [1.54, 1.807) is 29.0 Å². The molecule has 3 aromatic rings. The van der Waals surface area contributed by atoms with Gasteiger partial charge in [-0.15, -0.1) is 0 Å². The normalized spacial score (nSPS) is 11.0. The number of nitro groups is 1. The summed E-state index contributed by atoms with van der Waals surface area (Å²) in [5.41, 5.74) is 0.466. The lowest BCUT2D eigenvalue weighted by atomic mass is 10.2. The van der Waals surface area contributed by atoms with E-state index < -0.39 is 16.6 Å². The fourth-order valence-corrected chi connectivity index (χ4v) is 2.36. The van der Waals surface area contributed by atoms with Gasteiger partial charge in [-0.25, -0.2) is 8.78 Å². The predicted molar refractivity (Wildman–Crippen MR) is 74.1 cm³/mol. The zero-order chi connectivity index (χ0) is 15.0. The average molecular weight is 288 g/mol. The molecule has 0 spiro atoms. The fourth-order valence-electron chi connectivity index (χ4n) is 2.36. The number of non-ortho nitro benzene ring substituents is 1. The Kier molecular flexibility index (Phi) is 3.13. The minimum absolute atomic E-state index is 0.0246. The Labute approximate surface area is 118 Å². The van der Waals surface area contributed by atoms with Crippen molar-refractivity contribution in [2.45, 2.75) is 6.54 Å². The van der Waals surface area contributed by atoms with Gasteiger partial charge < -0.3 is 4.57 Å². The van der Waals surface area contributed by atoms with Crippen LogP contribution in [0, 0.1) is 21.7 Å². The SMILES string of the molecule is O=[N+]([O-])c1cccc2c1ccn2Cc1c(F)cccc1F. The topological polar surface area (TPSA) is 48.1 Å². The number of hydrogen-bond acceptors (Lipinski definition) is 2. The third-order valence-electron chi connectivity index (χ3n) is 3.38. The van der Waals surface area contributed by atoms with E-state index in [2.05, 4.69) is 0 Å². The number of nitro benzene ring substituents is 1. The largest absolute Gasteiger partial charge is 0.343 e. The number of rotatable bonds is 3. The highest BCUT2D eigenvalue weighted by Crippen LogP contribution is 2.27. The van der Waals surface area contributed by atoms with Crippen LogP contribution in [-0.2, 0) is 6.54 Å². The first-order chi connectivity index (χ1) is 10.1. The van der Waals surface area contributed by atoms with E-state index in [1.807, 2.05) is 0 Å². The molecule has 0 aliphatic heterocycles. The second-order valence-corrected chi connectivity index (χ2v) is 4.61. The Bertz CT molecular complexity index is 823. The molecule has 1 heterocycles. The number of nitrogens with zero attached hydrogens (tertiary/aromatic N) is 2. The molecule has 0 aliphatic carbocycles. The second-order valence-electron chi connectivity index (χ2n) is 4.61. The molecule has 106 valence electrons. The number of fused-ring (bicyclic) bond motifs is 1. The van der Waals surface area contributed by atoms with E-state index in [-0.39, 0.29) is 17.8 Å². The molecule has 0 N–H and O–H groups in total. The lowest BCUT2D eigenvalue weighted by Gasteiger charge is -2.08. The van der Waals surface area contributed by atoms with Crippen LogP contribution in [0.2, 0.25) is 0 Å². The number of aromatic nitrogens is 1. The monoisotopic (exact) mass is 288 g/mol. The van der Waals surface area contributed by atoms with Crippen LogP contribution in [-0.4, -0.2) is 9.49 Å². The molecular weight excluding hydrogens is 278 g/mol. The fraction of sp³-hybridized carbons (Fsp3) is 0.0667. The molecule has 0 saturated heterocycles. The highest BCUT2D eigenvalue weighted by molar-refractivity contribution is 5.89. The summed E-state index contributed by atoms with van der Waals surface area (Å²) in [4.78, 5) is 10.5. The van der Waals surface area contributed by atoms with Crippen molar-refractivity contribution in [3.8, 4) is 0 Å². The third-order valence-corrected chi connectivity index (χ3v) is 3.38. The maximum Gasteiger partial charge on any atom is 0.278 e. The van der Waals surface area contributed by atoms with Crippen LogP contribution in [0.25, 0.3) is 10.9 Å². The summed E-state index contributed by atoms with van der Waals surface area (Å²) in [6, 6.07) is 9.88. The number of hydrogen-bond donors (Lipinski definition) is 0. The van der Waals surface area contributed by atoms with Crippen molar-refractivity contribution >= 4 is 16.6 Å². The quantitative estimate of drug-likeness (QED) is 0.542. The first kappa shape index (κ1) is 13.2. The molecule has 6 heteroatoms. The minimum atomic E-state index is -0.637. The maximum atomic E-state index is 13.7. The van der Waals surface area contributed by atoms with E-state index in [0.29, 0.717) is 10.9 Å². The predicted octanol–water partition coefficient (Wildman–Crippen LogP) is 3.88. The van der Waals surface area contributed by atoms with Gasteiger partial charge in [0.05, 0.1) is 22.4 Å². The van der Waals surface area contributed by atoms with Crippen molar-refractivity contribution < 1.29 is 13.7 Å². The first-order valence-corrected chi connectivity index (χ1v) is 6.23. The first-order valence-electron chi connectivity index (χ1n) is 6.23. The smallest absolute Gasteiger partial charge is 0.278 e. The molecule has 0 unspecified atom stereocenters. The zero-order valence-corrected chi connectivity index (χ0v) is 10.8. The van der Waals surface area contributed by atoms with Gasteiger partial charge in [0.2, 0.25) is 0 Å². The van der Waals surface area contributed by atoms with Gasteiger partial charge in [-0.2, -0.15) is 0 Å². The lowest BCUT2D eigenvalue weighted by molar-refractivity contribution is -0.383. The van der Waals surface area contributed by atoms with Gasteiger partial charge >= 0.3 is 0 Å². The molecule has 0 fully saturated rings. The van der Waals surface area contributed by atoms with Gasteiger partial charge in [0.25, 0.3) is 5.69 Å². The standard InChI is InChI=1S/C15H10F2N2O2/c16-12-3-1-4-13(17)11(12)9-18-8-7-10-14(18)5-2-6-15(10)19(20)21/h1-8H,9H2. The second kappa shape index (κ2) is 4.97. The van der Waals surface area contributed by atoms with Crippen molar-refractivity contribution in [2.75, 3.05) is 0 Å². The highest BCUT2D eigenvalue weighted by atomic mass is 19.1. The Morgan fingerprint density at radius 2 is 1.71 bits per heavy atom. The van der Waals surface area contributed by atoms with Gasteiger partial charge in [0.1, 0.15) is 11.6 Å². The Morgan fingerprint density at radius 1 is 1.05 bits per heavy atom. The molecule has 0 bridgehead atoms. The molecule has 2 aromatic carbocycles. The van der Waals surface area contributed by atoms with Crippen LogP contribution in [0.5, 0.6) is 0 Å². The summed E-state index contributed by atoms with van der Waals surface area (Å²) in [6.45, 7) is -0.0246. The van der Waals surface area contributed by atoms with Gasteiger partial charge in [0.15, 0.2) is 0 Å². The summed E-state index contributed by atoms with van der Waals surface area (Å²) < 4.78 is 29.0. The molecule has 0 saturated carbocycles. The average Bonchev–Trinajstić information content (AvgIpc) is 2.86. The maximum absolute atomic E-state index is 13.7. The summed E-state index contributed by atoms with van der Waals surface area (Å²) in [6.07, 6.45) is 1.59. The molecule has 1 aromatic heterocycles. The van der Waals surface area contributed by atoms with Crippen LogP contribution in [0.3, 0.4) is 0 Å². The van der Waals surface area contributed by atoms with E-state index in [4.69, 9.17) is 0 Å². The van der Waals surface area contributed by atoms with Crippen LogP contribution in [0.4, 0.5) is 14.5 Å². The molecular formula is C15H10F2N2O2. The van der Waals surface area contributed by atoms with Gasteiger partial charge in [-0.1, -0.05) is 12.1 Å². The summed E-state index contributed by atoms with van der Waals surface area (Å²) in [7, 11) is 0. The van der Waals surface area contributed by atoms with Crippen LogP contribution in [0.1, 0.15) is 5.56 Å². The molecule has 0 atom stereocenters. The van der Waals surface area contributed by atoms with E-state index >= 15 is 0 Å². The Balaban J connectivity index is 2.10. The highest BCUT2D eigenvalue weighted by Gasteiger charge is 2.15. The number of halogens is 2. The molecule has 4 nitrogen and oxygen atoms in total. The molecule has 0 amide bonds. The van der Waals surface area contributed by atoms with Gasteiger partial charge in [-0.3, -0.25) is 10.1 Å². The van der Waals surface area contributed by atoms with E-state index in [9.17, 15) is 18.9 Å². The molecule has 0 aliphatic rings. The third kappa shape index (κ3) is 2.24. The molecule has 3 rings (SSSR count). The van der Waals surface area contributed by atoms with E-state index in [1.165, 1.54) is 24.3 Å². The Hall–Kier alpha value is -2.76. The van der Waals surface area contributed by atoms with Crippen molar-refractivity contribution in [3.63, 3.8) is 0 Å². The van der Waals surface area contributed by atoms with Crippen molar-refractivity contribution in [2.24, 2.45) is 0 Å². The minimum Gasteiger partial charge on any atom is -0.343 e. The number of benzene rings is 2. The Morgan fingerprint density at radius 3 is 2.38 bits per heavy atom. The van der Waals surface area contributed by atoms with Gasteiger partial charge in [0, 0.05) is 17.8 Å². The van der Waals surface area contributed by atoms with Crippen molar-refractivity contribution in [1.82, 2.24) is 4.57 Å². The van der Waals surface area contributed by atoms with E-state index in [0.717, 1.165) is 0 Å². The van der Waals surface area contributed by atoms with Crippen LogP contribution >= 0.6 is 0 Å². The molecule has 21 heavy (non-hydrogen) atoms. The summed E-state index contributed by atoms with van der Waals surface area (Å²) in [5, 5.41) is 11.4. The van der Waals surface area contributed by atoms with Gasteiger partial charge in [-0.05, 0) is 24.3 Å².